The molecule has 0 aromatic carbocycles. The van der Waals surface area contributed by atoms with E-state index in [1.807, 2.05) is 23.1 Å². The third-order valence-corrected chi connectivity index (χ3v) is 6.02. The summed E-state index contributed by atoms with van der Waals surface area (Å²) in [5, 5.41) is 8.01. The van der Waals surface area contributed by atoms with E-state index in [0.717, 1.165) is 31.4 Å². The molecule has 0 N–H and O–H groups in total. The van der Waals surface area contributed by atoms with Crippen molar-refractivity contribution in [1.82, 2.24) is 19.6 Å². The summed E-state index contributed by atoms with van der Waals surface area (Å²) >= 11 is 0. The van der Waals surface area contributed by atoms with Crippen LogP contribution in [0.4, 0.5) is 18.9 Å². The van der Waals surface area contributed by atoms with Crippen molar-refractivity contribution >= 4 is 11.3 Å². The number of halogens is 3. The maximum atomic E-state index is 14.0. The lowest BCUT2D eigenvalue weighted by Gasteiger charge is -2.34. The summed E-state index contributed by atoms with van der Waals surface area (Å²) < 4.78 is 43.6. The summed E-state index contributed by atoms with van der Waals surface area (Å²) in [4.78, 5) is 6.24. The van der Waals surface area contributed by atoms with E-state index in [2.05, 4.69) is 15.2 Å². The van der Waals surface area contributed by atoms with E-state index in [9.17, 15) is 13.2 Å². The zero-order valence-corrected chi connectivity index (χ0v) is 15.9. The van der Waals surface area contributed by atoms with Gasteiger partial charge in [0.15, 0.2) is 5.65 Å². The Kier molecular flexibility index (Phi) is 4.44. The number of hydrogen-bond acceptors (Lipinski definition) is 4. The third kappa shape index (κ3) is 3.56. The molecule has 0 bridgehead atoms. The Morgan fingerprint density at radius 3 is 2.45 bits per heavy atom. The van der Waals surface area contributed by atoms with E-state index in [1.54, 1.807) is 18.5 Å². The zero-order chi connectivity index (χ0) is 20.0. The quantitative estimate of drug-likeness (QED) is 0.647. The van der Waals surface area contributed by atoms with E-state index in [4.69, 9.17) is 0 Å². The Morgan fingerprint density at radius 2 is 1.79 bits per heavy atom. The van der Waals surface area contributed by atoms with Crippen molar-refractivity contribution in [3.05, 3.63) is 53.7 Å². The normalized spacial score (nSPS) is 18.5. The largest absolute Gasteiger partial charge is 0.422 e. The highest BCUT2D eigenvalue weighted by molar-refractivity contribution is 5.67. The molecule has 152 valence electrons. The molecule has 4 heterocycles. The molecule has 0 spiro atoms. The Balaban J connectivity index is 1.45. The van der Waals surface area contributed by atoms with Crippen LogP contribution < -0.4 is 4.90 Å². The molecule has 8 heteroatoms. The first-order valence-electron chi connectivity index (χ1n) is 10.1. The molecule has 2 fully saturated rings. The first-order chi connectivity index (χ1) is 14.0. The van der Waals surface area contributed by atoms with Crippen LogP contribution in [-0.2, 0) is 12.6 Å². The van der Waals surface area contributed by atoms with E-state index in [0.29, 0.717) is 31.3 Å². The summed E-state index contributed by atoms with van der Waals surface area (Å²) in [6.45, 7) is 1.12. The Morgan fingerprint density at radius 1 is 1.00 bits per heavy atom. The second-order valence-corrected chi connectivity index (χ2v) is 8.05. The highest BCUT2D eigenvalue weighted by atomic mass is 19.4. The van der Waals surface area contributed by atoms with Crippen molar-refractivity contribution < 1.29 is 13.2 Å². The van der Waals surface area contributed by atoms with Gasteiger partial charge in [0.1, 0.15) is 11.4 Å². The molecule has 0 atom stereocenters. The van der Waals surface area contributed by atoms with Crippen LogP contribution in [0.5, 0.6) is 0 Å². The molecule has 1 aliphatic carbocycles. The van der Waals surface area contributed by atoms with Crippen molar-refractivity contribution in [2.75, 3.05) is 18.0 Å². The van der Waals surface area contributed by atoms with Crippen LogP contribution in [-0.4, -0.2) is 32.7 Å². The molecule has 1 saturated heterocycles. The smallest absolute Gasteiger partial charge is 0.371 e. The molecular formula is C21H22F3N5. The highest BCUT2D eigenvalue weighted by Crippen LogP contribution is 2.41. The number of fused-ring (bicyclic) bond motifs is 1. The minimum atomic E-state index is -4.49. The van der Waals surface area contributed by atoms with Crippen LogP contribution in [0.3, 0.4) is 0 Å². The molecule has 3 aromatic heterocycles. The maximum Gasteiger partial charge on any atom is 0.422 e. The van der Waals surface area contributed by atoms with Crippen molar-refractivity contribution in [2.45, 2.75) is 44.2 Å². The number of hydrogen-bond donors (Lipinski definition) is 0. The van der Waals surface area contributed by atoms with Gasteiger partial charge in [0.05, 0.1) is 5.69 Å². The maximum absolute atomic E-state index is 14.0. The average molecular weight is 401 g/mol. The summed E-state index contributed by atoms with van der Waals surface area (Å²) in [5.41, 5.74) is 0.457. The highest BCUT2D eigenvalue weighted by Gasteiger charge is 2.40. The topological polar surface area (TPSA) is 46.3 Å². The number of pyridine rings is 2. The SMILES string of the molecule is FC(F)(F)c1c(N2CCC(c3ccccn3)CC2)ccn2c(CC3CC3)nnc12. The second kappa shape index (κ2) is 7.00. The first-order valence-corrected chi connectivity index (χ1v) is 10.1. The Bertz CT molecular complexity index is 1000. The number of rotatable bonds is 4. The molecule has 0 radical (unpaired) electrons. The molecule has 5 nitrogen and oxygen atoms in total. The molecule has 5 rings (SSSR count). The van der Waals surface area contributed by atoms with Crippen LogP contribution in [0.15, 0.2) is 36.7 Å². The van der Waals surface area contributed by atoms with Gasteiger partial charge in [-0.25, -0.2) is 0 Å². The minimum Gasteiger partial charge on any atom is -0.371 e. The van der Waals surface area contributed by atoms with Crippen molar-refractivity contribution in [3.8, 4) is 0 Å². The van der Waals surface area contributed by atoms with Gasteiger partial charge in [-0.1, -0.05) is 6.07 Å². The van der Waals surface area contributed by atoms with E-state index >= 15 is 0 Å². The summed E-state index contributed by atoms with van der Waals surface area (Å²) in [6, 6.07) is 7.40. The van der Waals surface area contributed by atoms with Gasteiger partial charge in [0, 0.05) is 43.5 Å². The molecule has 3 aromatic rings. The molecule has 0 amide bonds. The Labute approximate surface area is 166 Å². The Hall–Kier alpha value is -2.64. The molecule has 1 saturated carbocycles. The van der Waals surface area contributed by atoms with Crippen LogP contribution in [0.2, 0.25) is 0 Å². The van der Waals surface area contributed by atoms with Gasteiger partial charge < -0.3 is 4.90 Å². The fourth-order valence-electron chi connectivity index (χ4n) is 4.28. The van der Waals surface area contributed by atoms with E-state index in [1.165, 1.54) is 4.40 Å². The lowest BCUT2D eigenvalue weighted by molar-refractivity contribution is -0.136. The predicted molar refractivity (Wildman–Crippen MR) is 103 cm³/mol. The summed E-state index contributed by atoms with van der Waals surface area (Å²) in [6.07, 6.45) is 3.45. The molecule has 1 aliphatic heterocycles. The second-order valence-electron chi connectivity index (χ2n) is 8.05. The fourth-order valence-corrected chi connectivity index (χ4v) is 4.28. The number of aromatic nitrogens is 4. The van der Waals surface area contributed by atoms with E-state index < -0.39 is 11.7 Å². The fraction of sp³-hybridized carbons (Fsp3) is 0.476. The molecule has 2 aliphatic rings. The van der Waals surface area contributed by atoms with Gasteiger partial charge in [-0.2, -0.15) is 13.2 Å². The monoisotopic (exact) mass is 401 g/mol. The molecular weight excluding hydrogens is 379 g/mol. The van der Waals surface area contributed by atoms with Gasteiger partial charge >= 0.3 is 6.18 Å². The van der Waals surface area contributed by atoms with Crippen molar-refractivity contribution in [3.63, 3.8) is 0 Å². The van der Waals surface area contributed by atoms with Crippen molar-refractivity contribution in [1.29, 1.82) is 0 Å². The number of piperidine rings is 1. The predicted octanol–water partition coefficient (Wildman–Crippen LogP) is 4.48. The van der Waals surface area contributed by atoms with Crippen LogP contribution in [0.25, 0.3) is 5.65 Å². The van der Waals surface area contributed by atoms with E-state index in [-0.39, 0.29) is 17.3 Å². The standard InChI is InChI=1S/C21H22F3N5/c22-21(23,24)19-17(8-12-29-18(13-14-4-5-14)26-27-20(19)29)28-10-6-15(7-11-28)16-3-1-2-9-25-16/h1-3,8-9,12,14-15H,4-7,10-11,13H2. The zero-order valence-electron chi connectivity index (χ0n) is 15.9. The first kappa shape index (κ1) is 18.4. The molecule has 0 unspecified atom stereocenters. The van der Waals surface area contributed by atoms with Crippen molar-refractivity contribution in [2.24, 2.45) is 5.92 Å². The third-order valence-electron chi connectivity index (χ3n) is 6.02. The lowest BCUT2D eigenvalue weighted by atomic mass is 9.92. The van der Waals surface area contributed by atoms with Gasteiger partial charge in [-0.3, -0.25) is 9.38 Å². The van der Waals surface area contributed by atoms with Crippen LogP contribution in [0.1, 0.15) is 48.7 Å². The van der Waals surface area contributed by atoms with Crippen LogP contribution >= 0.6 is 0 Å². The van der Waals surface area contributed by atoms with Gasteiger partial charge in [-0.05, 0) is 49.8 Å². The van der Waals surface area contributed by atoms with Gasteiger partial charge in [-0.15, -0.1) is 10.2 Å². The van der Waals surface area contributed by atoms with Gasteiger partial charge in [0.25, 0.3) is 0 Å². The molecule has 29 heavy (non-hydrogen) atoms. The minimum absolute atomic E-state index is 0.0856. The number of alkyl halides is 3. The van der Waals surface area contributed by atoms with Gasteiger partial charge in [0.2, 0.25) is 0 Å². The lowest BCUT2D eigenvalue weighted by Crippen LogP contribution is -2.34. The number of anilines is 1. The number of nitrogens with zero attached hydrogens (tertiary/aromatic N) is 5. The summed E-state index contributed by atoms with van der Waals surface area (Å²) in [5.74, 6) is 1.43. The average Bonchev–Trinajstić information content (AvgIpc) is 3.46. The summed E-state index contributed by atoms with van der Waals surface area (Å²) in [7, 11) is 0. The van der Waals surface area contributed by atoms with Crippen LogP contribution in [0, 0.1) is 5.92 Å².